The van der Waals surface area contributed by atoms with Crippen molar-refractivity contribution < 1.29 is 0 Å². The summed E-state index contributed by atoms with van der Waals surface area (Å²) in [5.41, 5.74) is 13.3. The molecule has 0 spiro atoms. The molecule has 0 atom stereocenters. The number of anilines is 1. The molecule has 5 nitrogen and oxygen atoms in total. The van der Waals surface area contributed by atoms with E-state index in [0.29, 0.717) is 0 Å². The zero-order chi connectivity index (χ0) is 11.3. The Morgan fingerprint density at radius 3 is 2.60 bits per heavy atom. The van der Waals surface area contributed by atoms with Crippen molar-refractivity contribution >= 4 is 23.0 Å². The van der Waals surface area contributed by atoms with Crippen LogP contribution >= 0.6 is 12.2 Å². The number of benzene rings is 1. The van der Waals surface area contributed by atoms with Gasteiger partial charge >= 0.3 is 0 Å². The van der Waals surface area contributed by atoms with Gasteiger partial charge in [0.25, 0.3) is 0 Å². The van der Waals surface area contributed by atoms with Gasteiger partial charge in [0.1, 0.15) is 0 Å². The molecule has 1 aromatic carbocycles. The van der Waals surface area contributed by atoms with Crippen LogP contribution in [0.15, 0.2) is 29.4 Å². The summed E-state index contributed by atoms with van der Waals surface area (Å²) in [6, 6.07) is 7.80. The monoisotopic (exact) mass is 221 g/mol. The van der Waals surface area contributed by atoms with Crippen LogP contribution in [-0.4, -0.2) is 17.2 Å². The maximum Gasteiger partial charge on any atom is 0.184 e. The summed E-state index contributed by atoms with van der Waals surface area (Å²) in [6.07, 6.45) is 0. The Labute approximate surface area is 93.3 Å². The van der Waals surface area contributed by atoms with E-state index in [-0.39, 0.29) is 5.11 Å². The molecule has 6 heteroatoms. The van der Waals surface area contributed by atoms with Crippen LogP contribution in [0, 0.1) is 6.92 Å². The molecular formula is C9H11N5S. The van der Waals surface area contributed by atoms with Crippen LogP contribution in [0.2, 0.25) is 0 Å². The van der Waals surface area contributed by atoms with Crippen LogP contribution in [-0.2, 0) is 0 Å². The lowest BCUT2D eigenvalue weighted by Gasteiger charge is -2.19. The molecular weight excluding hydrogens is 210 g/mol. The number of aryl methyl sites for hydroxylation is 1. The summed E-state index contributed by atoms with van der Waals surface area (Å²) in [4.78, 5) is 2.61. The smallest absolute Gasteiger partial charge is 0.184 e. The molecule has 0 saturated carbocycles. The summed E-state index contributed by atoms with van der Waals surface area (Å²) in [7, 11) is 1.69. The highest BCUT2D eigenvalue weighted by atomic mass is 32.1. The van der Waals surface area contributed by atoms with Gasteiger partial charge in [-0.1, -0.05) is 29.9 Å². The Kier molecular flexibility index (Phi) is 3.91. The van der Waals surface area contributed by atoms with Crippen molar-refractivity contribution in [3.63, 3.8) is 0 Å². The van der Waals surface area contributed by atoms with E-state index >= 15 is 0 Å². The van der Waals surface area contributed by atoms with Crippen molar-refractivity contribution in [3.05, 3.63) is 40.3 Å². The minimum Gasteiger partial charge on any atom is -0.298 e. The van der Waals surface area contributed by atoms with Gasteiger partial charge in [-0.25, -0.2) is 0 Å². The maximum absolute atomic E-state index is 8.20. The third kappa shape index (κ3) is 3.46. The SMILES string of the molecule is Cc1ccc(NN(C)C(=S)N=[N+]=[N-])cc1. The Bertz CT molecular complexity index is 393. The molecule has 0 saturated heterocycles. The van der Waals surface area contributed by atoms with Gasteiger partial charge in [-0.05, 0) is 29.7 Å². The number of nitrogens with zero attached hydrogens (tertiary/aromatic N) is 4. The predicted octanol–water partition coefficient (Wildman–Crippen LogP) is 2.85. The average Bonchev–Trinajstić information content (AvgIpc) is 2.22. The molecule has 1 aromatic rings. The summed E-state index contributed by atoms with van der Waals surface area (Å²) >= 11 is 4.84. The molecule has 1 rings (SSSR count). The molecule has 0 radical (unpaired) electrons. The van der Waals surface area contributed by atoms with Crippen LogP contribution in [0.5, 0.6) is 0 Å². The van der Waals surface area contributed by atoms with E-state index < -0.39 is 0 Å². The highest BCUT2D eigenvalue weighted by molar-refractivity contribution is 7.80. The lowest BCUT2D eigenvalue weighted by Crippen LogP contribution is -2.29. The van der Waals surface area contributed by atoms with Crippen LogP contribution in [0.1, 0.15) is 5.56 Å². The van der Waals surface area contributed by atoms with Crippen molar-refractivity contribution in [3.8, 4) is 0 Å². The quantitative estimate of drug-likeness (QED) is 0.274. The van der Waals surface area contributed by atoms with Crippen molar-refractivity contribution in [1.82, 2.24) is 5.01 Å². The standard InChI is InChI=1S/C9H11N5S/c1-7-3-5-8(6-4-7)12-14(2)9(15)11-13-10/h3-6,12H,1-2H3. The number of hydrogen-bond donors (Lipinski definition) is 1. The molecule has 0 fully saturated rings. The van der Waals surface area contributed by atoms with E-state index in [0.717, 1.165) is 5.69 Å². The van der Waals surface area contributed by atoms with Gasteiger partial charge < -0.3 is 0 Å². The Morgan fingerprint density at radius 1 is 1.47 bits per heavy atom. The highest BCUT2D eigenvalue weighted by Gasteiger charge is 2.00. The van der Waals surface area contributed by atoms with E-state index in [2.05, 4.69) is 15.5 Å². The van der Waals surface area contributed by atoms with Crippen LogP contribution in [0.25, 0.3) is 10.4 Å². The molecule has 0 aliphatic carbocycles. The van der Waals surface area contributed by atoms with Gasteiger partial charge in [0.15, 0.2) is 5.11 Å². The topological polar surface area (TPSA) is 64.0 Å². The number of nitrogens with one attached hydrogen (secondary N) is 1. The van der Waals surface area contributed by atoms with E-state index in [1.807, 2.05) is 31.2 Å². The van der Waals surface area contributed by atoms with Crippen molar-refractivity contribution in [2.45, 2.75) is 6.92 Å². The first-order chi connectivity index (χ1) is 7.13. The number of hydrogen-bond acceptors (Lipinski definition) is 2. The van der Waals surface area contributed by atoms with E-state index in [4.69, 9.17) is 17.7 Å². The molecule has 0 unspecified atom stereocenters. The van der Waals surface area contributed by atoms with Gasteiger partial charge in [0, 0.05) is 12.0 Å². The number of thiocarbonyl (C=S) groups is 1. The van der Waals surface area contributed by atoms with Crippen molar-refractivity contribution in [2.24, 2.45) is 5.11 Å². The lowest BCUT2D eigenvalue weighted by atomic mass is 10.2. The number of rotatable bonds is 2. The molecule has 78 valence electrons. The van der Waals surface area contributed by atoms with E-state index in [1.54, 1.807) is 7.05 Å². The zero-order valence-electron chi connectivity index (χ0n) is 8.51. The Balaban J connectivity index is 2.65. The molecule has 0 amide bonds. The van der Waals surface area contributed by atoms with Gasteiger partial charge in [0.2, 0.25) is 0 Å². The second kappa shape index (κ2) is 5.19. The maximum atomic E-state index is 8.20. The van der Waals surface area contributed by atoms with Crippen LogP contribution < -0.4 is 5.43 Å². The fourth-order valence-corrected chi connectivity index (χ4v) is 1.06. The molecule has 0 aliphatic rings. The van der Waals surface area contributed by atoms with Crippen molar-refractivity contribution in [2.75, 3.05) is 12.5 Å². The first-order valence-corrected chi connectivity index (χ1v) is 4.70. The predicted molar refractivity (Wildman–Crippen MR) is 64.3 cm³/mol. The average molecular weight is 221 g/mol. The fraction of sp³-hybridized carbons (Fsp3) is 0.222. The van der Waals surface area contributed by atoms with Crippen LogP contribution in [0.3, 0.4) is 0 Å². The highest BCUT2D eigenvalue weighted by Crippen LogP contribution is 2.09. The summed E-state index contributed by atoms with van der Waals surface area (Å²) in [5, 5.41) is 4.95. The van der Waals surface area contributed by atoms with Gasteiger partial charge in [-0.15, -0.1) is 0 Å². The zero-order valence-corrected chi connectivity index (χ0v) is 9.32. The normalized spacial score (nSPS) is 8.93. The summed E-state index contributed by atoms with van der Waals surface area (Å²) in [6.45, 7) is 2.01. The third-order valence-electron chi connectivity index (χ3n) is 1.77. The van der Waals surface area contributed by atoms with Crippen molar-refractivity contribution in [1.29, 1.82) is 0 Å². The molecule has 15 heavy (non-hydrogen) atoms. The molecule has 0 aromatic heterocycles. The first kappa shape index (κ1) is 11.3. The minimum absolute atomic E-state index is 0.151. The summed E-state index contributed by atoms with van der Waals surface area (Å²) in [5.74, 6) is 0. The molecule has 0 bridgehead atoms. The third-order valence-corrected chi connectivity index (χ3v) is 2.12. The number of azide groups is 1. The van der Waals surface area contributed by atoms with Crippen LogP contribution in [0.4, 0.5) is 5.69 Å². The fourth-order valence-electron chi connectivity index (χ4n) is 0.975. The van der Waals surface area contributed by atoms with E-state index in [9.17, 15) is 0 Å². The largest absolute Gasteiger partial charge is 0.298 e. The number of hydrazine groups is 1. The van der Waals surface area contributed by atoms with E-state index in [1.165, 1.54) is 10.6 Å². The second-order valence-corrected chi connectivity index (χ2v) is 3.37. The second-order valence-electron chi connectivity index (χ2n) is 3.01. The molecule has 0 aliphatic heterocycles. The minimum atomic E-state index is 0.151. The lowest BCUT2D eigenvalue weighted by molar-refractivity contribution is 0.613. The van der Waals surface area contributed by atoms with Gasteiger partial charge in [-0.3, -0.25) is 10.4 Å². The Morgan fingerprint density at radius 2 is 2.07 bits per heavy atom. The van der Waals surface area contributed by atoms with Gasteiger partial charge in [0.05, 0.1) is 5.69 Å². The molecule has 0 heterocycles. The van der Waals surface area contributed by atoms with Gasteiger partial charge in [-0.2, -0.15) is 0 Å². The Hall–Kier alpha value is -1.78. The molecule has 1 N–H and O–H groups in total. The summed E-state index contributed by atoms with van der Waals surface area (Å²) < 4.78 is 0. The first-order valence-electron chi connectivity index (χ1n) is 4.29.